The van der Waals surface area contributed by atoms with Crippen LogP contribution in [0.25, 0.3) is 0 Å². The molecule has 2 amide bonds. The second-order valence-corrected chi connectivity index (χ2v) is 9.19. The van der Waals surface area contributed by atoms with Gasteiger partial charge in [-0.25, -0.2) is 4.79 Å². The highest BCUT2D eigenvalue weighted by Gasteiger charge is 2.67. The van der Waals surface area contributed by atoms with Gasteiger partial charge in [-0.3, -0.25) is 19.3 Å². The fourth-order valence-electron chi connectivity index (χ4n) is 5.75. The molecule has 1 aromatic rings. The van der Waals surface area contributed by atoms with E-state index >= 15 is 0 Å². The van der Waals surface area contributed by atoms with Crippen molar-refractivity contribution in [1.82, 2.24) is 4.90 Å². The summed E-state index contributed by atoms with van der Waals surface area (Å²) in [5.74, 6) is -1.04. The first kappa shape index (κ1) is 19.2. The summed E-state index contributed by atoms with van der Waals surface area (Å²) in [6.45, 7) is 4.94. The molecule has 156 valence electrons. The first-order chi connectivity index (χ1) is 14.3. The lowest BCUT2D eigenvalue weighted by atomic mass is 9.63. The lowest BCUT2D eigenvalue weighted by molar-refractivity contribution is -0.160. The number of carbonyl (C=O) groups is 4. The lowest BCUT2D eigenvalue weighted by Gasteiger charge is -2.37. The Kier molecular flexibility index (Phi) is 4.24. The molecule has 0 spiro atoms. The van der Waals surface area contributed by atoms with Gasteiger partial charge in [-0.15, -0.1) is 0 Å². The van der Waals surface area contributed by atoms with E-state index in [1.165, 1.54) is 13.8 Å². The fraction of sp³-hybridized carbons (Fsp3) is 0.500. The zero-order chi connectivity index (χ0) is 21.3. The third-order valence-corrected chi connectivity index (χ3v) is 7.42. The van der Waals surface area contributed by atoms with Crippen LogP contribution in [-0.4, -0.2) is 40.6 Å². The molecule has 4 aliphatic carbocycles. The number of allylic oxidation sites excluding steroid dienone is 2. The predicted molar refractivity (Wildman–Crippen MR) is 107 cm³/mol. The number of esters is 1. The Labute approximate surface area is 175 Å². The van der Waals surface area contributed by atoms with Crippen LogP contribution in [0, 0.1) is 42.4 Å². The zero-order valence-electron chi connectivity index (χ0n) is 17.3. The molecule has 1 heterocycles. The van der Waals surface area contributed by atoms with Gasteiger partial charge in [-0.1, -0.05) is 42.0 Å². The number of imide groups is 1. The third-order valence-electron chi connectivity index (χ3n) is 7.42. The number of benzene rings is 1. The number of likely N-dealkylation sites (tertiary alicyclic amines) is 1. The van der Waals surface area contributed by atoms with Crippen LogP contribution in [0.4, 0.5) is 0 Å². The summed E-state index contributed by atoms with van der Waals surface area (Å²) in [7, 11) is 0. The van der Waals surface area contributed by atoms with Crippen LogP contribution in [0.2, 0.25) is 0 Å². The van der Waals surface area contributed by atoms with E-state index in [1.54, 1.807) is 12.1 Å². The number of Topliss-reactive ketones (excluding diaryl/α,β-unsaturated/α-hetero) is 1. The Morgan fingerprint density at radius 3 is 2.03 bits per heavy atom. The topological polar surface area (TPSA) is 80.8 Å². The van der Waals surface area contributed by atoms with Gasteiger partial charge in [0.05, 0.1) is 11.8 Å². The molecule has 6 rings (SSSR count). The smallest absolute Gasteiger partial charge is 0.329 e. The van der Waals surface area contributed by atoms with Crippen LogP contribution in [0.15, 0.2) is 36.4 Å². The number of hydrogen-bond acceptors (Lipinski definition) is 5. The highest BCUT2D eigenvalue weighted by atomic mass is 16.5. The van der Waals surface area contributed by atoms with Crippen molar-refractivity contribution in [3.05, 3.63) is 47.5 Å². The van der Waals surface area contributed by atoms with Crippen molar-refractivity contribution in [3.8, 4) is 0 Å². The molecule has 30 heavy (non-hydrogen) atoms. The molecule has 2 saturated carbocycles. The minimum absolute atomic E-state index is 0.108. The number of rotatable bonds is 5. The SMILES string of the molecule is Cc1ccc(C(=O)[C@H](C)OC(=O)[C@H](C)N2C(=O)[C@@H]3[C@@H]4C=C[C@H]([C@H]5C[C@H]45)[C@@H]3C2=O)cc1. The molecule has 3 fully saturated rings. The van der Waals surface area contributed by atoms with Crippen LogP contribution in [0.3, 0.4) is 0 Å². The minimum atomic E-state index is -1.04. The molecule has 5 aliphatic rings. The van der Waals surface area contributed by atoms with Gasteiger partial charge in [-0.05, 0) is 50.9 Å². The van der Waals surface area contributed by atoms with Crippen LogP contribution in [-0.2, 0) is 19.1 Å². The number of amides is 2. The van der Waals surface area contributed by atoms with E-state index in [9.17, 15) is 19.2 Å². The van der Waals surface area contributed by atoms with Crippen LogP contribution < -0.4 is 0 Å². The Morgan fingerprint density at radius 1 is 0.967 bits per heavy atom. The molecule has 6 nitrogen and oxygen atoms in total. The third kappa shape index (κ3) is 2.69. The highest BCUT2D eigenvalue weighted by molar-refractivity contribution is 6.09. The molecule has 8 atom stereocenters. The maximum absolute atomic E-state index is 13.1. The second kappa shape index (κ2) is 6.62. The van der Waals surface area contributed by atoms with Crippen molar-refractivity contribution in [2.75, 3.05) is 0 Å². The van der Waals surface area contributed by atoms with E-state index in [0.29, 0.717) is 17.4 Å². The van der Waals surface area contributed by atoms with E-state index in [0.717, 1.165) is 16.9 Å². The summed E-state index contributed by atoms with van der Waals surface area (Å²) in [6.07, 6.45) is 4.29. The average Bonchev–Trinajstić information content (AvgIpc) is 3.51. The van der Waals surface area contributed by atoms with Crippen molar-refractivity contribution in [3.63, 3.8) is 0 Å². The van der Waals surface area contributed by atoms with Gasteiger partial charge >= 0.3 is 5.97 Å². The molecule has 1 saturated heterocycles. The standard InChI is InChI=1S/C24H25NO5/c1-11-4-6-14(7-5-11)21(26)13(3)30-24(29)12(2)25-22(27)19-15-8-9-16(18-10-17(15)18)20(19)23(25)28/h4-9,12-13,15-20H,10H2,1-3H3/t12-,13-,15+,16+,17+,18+,19-,20+/m0/s1. The largest absolute Gasteiger partial charge is 0.453 e. The summed E-state index contributed by atoms with van der Waals surface area (Å²) in [5, 5.41) is 0. The molecule has 0 unspecified atom stereocenters. The molecule has 0 radical (unpaired) electrons. The number of ketones is 1. The zero-order valence-corrected chi connectivity index (χ0v) is 17.3. The molecular weight excluding hydrogens is 382 g/mol. The fourth-order valence-corrected chi connectivity index (χ4v) is 5.75. The Bertz CT molecular complexity index is 944. The van der Waals surface area contributed by atoms with E-state index in [4.69, 9.17) is 4.74 Å². The summed E-state index contributed by atoms with van der Waals surface area (Å²) in [6, 6.07) is 5.98. The highest BCUT2D eigenvalue weighted by Crippen LogP contribution is 2.65. The van der Waals surface area contributed by atoms with Crippen molar-refractivity contribution < 1.29 is 23.9 Å². The van der Waals surface area contributed by atoms with E-state index in [2.05, 4.69) is 12.2 Å². The van der Waals surface area contributed by atoms with Crippen LogP contribution in [0.1, 0.15) is 36.2 Å². The Morgan fingerprint density at radius 2 is 1.50 bits per heavy atom. The maximum Gasteiger partial charge on any atom is 0.329 e. The summed E-state index contributed by atoms with van der Waals surface area (Å²) >= 11 is 0. The van der Waals surface area contributed by atoms with E-state index < -0.39 is 18.1 Å². The lowest BCUT2D eigenvalue weighted by Crippen LogP contribution is -2.46. The van der Waals surface area contributed by atoms with Gasteiger partial charge < -0.3 is 4.74 Å². The first-order valence-corrected chi connectivity index (χ1v) is 10.7. The van der Waals surface area contributed by atoms with Crippen LogP contribution >= 0.6 is 0 Å². The van der Waals surface area contributed by atoms with Gasteiger partial charge in [0, 0.05) is 5.56 Å². The molecule has 0 N–H and O–H groups in total. The number of ether oxygens (including phenoxy) is 1. The number of hydrogen-bond donors (Lipinski definition) is 0. The van der Waals surface area contributed by atoms with Crippen molar-refractivity contribution >= 4 is 23.6 Å². The average molecular weight is 407 g/mol. The van der Waals surface area contributed by atoms with E-state index in [1.807, 2.05) is 19.1 Å². The molecule has 1 aromatic carbocycles. The van der Waals surface area contributed by atoms with Gasteiger partial charge in [0.15, 0.2) is 6.10 Å². The normalized spacial score (nSPS) is 35.0. The molecule has 6 heteroatoms. The van der Waals surface area contributed by atoms with Gasteiger partial charge in [0.1, 0.15) is 6.04 Å². The van der Waals surface area contributed by atoms with Crippen molar-refractivity contribution in [2.45, 2.75) is 39.3 Å². The van der Waals surface area contributed by atoms with Crippen LogP contribution in [0.5, 0.6) is 0 Å². The van der Waals surface area contributed by atoms with Crippen molar-refractivity contribution in [2.24, 2.45) is 35.5 Å². The van der Waals surface area contributed by atoms with Crippen molar-refractivity contribution in [1.29, 1.82) is 0 Å². The molecular formula is C24H25NO5. The quantitative estimate of drug-likeness (QED) is 0.324. The molecule has 1 aliphatic heterocycles. The minimum Gasteiger partial charge on any atom is -0.453 e. The summed E-state index contributed by atoms with van der Waals surface area (Å²) < 4.78 is 5.37. The van der Waals surface area contributed by atoms with Gasteiger partial charge in [-0.2, -0.15) is 0 Å². The molecule has 0 aromatic heterocycles. The molecule has 2 bridgehead atoms. The predicted octanol–water partition coefficient (Wildman–Crippen LogP) is 2.55. The summed E-state index contributed by atoms with van der Waals surface area (Å²) in [4.78, 5) is 52.6. The number of aryl methyl sites for hydroxylation is 1. The van der Waals surface area contributed by atoms with Gasteiger partial charge in [0.25, 0.3) is 0 Å². The number of nitrogens with zero attached hydrogens (tertiary/aromatic N) is 1. The first-order valence-electron chi connectivity index (χ1n) is 10.7. The van der Waals surface area contributed by atoms with Gasteiger partial charge in [0.2, 0.25) is 17.6 Å². The second-order valence-electron chi connectivity index (χ2n) is 9.19. The monoisotopic (exact) mass is 407 g/mol. The number of carbonyl (C=O) groups excluding carboxylic acids is 4. The Hall–Kier alpha value is -2.76. The Balaban J connectivity index is 1.29. The van der Waals surface area contributed by atoms with E-state index in [-0.39, 0.29) is 41.3 Å². The maximum atomic E-state index is 13.1. The summed E-state index contributed by atoms with van der Waals surface area (Å²) in [5.41, 5.74) is 1.48.